The van der Waals surface area contributed by atoms with Gasteiger partial charge in [-0.15, -0.1) is 0 Å². The predicted octanol–water partition coefficient (Wildman–Crippen LogP) is 3.03. The second-order valence-electron chi connectivity index (χ2n) is 4.92. The van der Waals surface area contributed by atoms with Crippen LogP contribution in [0.15, 0.2) is 54.6 Å². The Labute approximate surface area is 134 Å². The molecule has 2 aromatic rings. The molecule has 0 radical (unpaired) electrons. The third-order valence-corrected chi connectivity index (χ3v) is 3.29. The minimum Gasteiger partial charge on any atom is -0.444 e. The number of para-hydroxylation sites is 1. The van der Waals surface area contributed by atoms with Gasteiger partial charge >= 0.3 is 5.97 Å². The van der Waals surface area contributed by atoms with E-state index >= 15 is 0 Å². The van der Waals surface area contributed by atoms with Gasteiger partial charge in [0.05, 0.1) is 11.1 Å². The zero-order chi connectivity index (χ0) is 16.8. The summed E-state index contributed by atoms with van der Waals surface area (Å²) >= 11 is 0. The first-order chi connectivity index (χ1) is 11.0. The number of hydrogen-bond acceptors (Lipinski definition) is 4. The Bertz CT molecular complexity index is 750. The Morgan fingerprint density at radius 3 is 2.22 bits per heavy atom. The summed E-state index contributed by atoms with van der Waals surface area (Å²) in [6.45, 7) is 1.47. The summed E-state index contributed by atoms with van der Waals surface area (Å²) < 4.78 is 4.99. The number of amides is 1. The highest BCUT2D eigenvalue weighted by atomic mass is 16.5. The lowest BCUT2D eigenvalue weighted by Crippen LogP contribution is -2.28. The number of nitrogens with zero attached hydrogens (tertiary/aromatic N) is 2. The van der Waals surface area contributed by atoms with E-state index in [2.05, 4.69) is 0 Å². The fourth-order valence-electron chi connectivity index (χ4n) is 2.05. The number of nitriles is 1. The highest BCUT2D eigenvalue weighted by Crippen LogP contribution is 2.18. The van der Waals surface area contributed by atoms with E-state index in [1.54, 1.807) is 37.4 Å². The molecular weight excluding hydrogens is 292 g/mol. The molecular formula is C18H16N2O3. The molecule has 5 heteroatoms. The zero-order valence-electron chi connectivity index (χ0n) is 12.9. The monoisotopic (exact) mass is 308 g/mol. The molecule has 0 bridgehead atoms. The Morgan fingerprint density at radius 2 is 1.61 bits per heavy atom. The lowest BCUT2D eigenvalue weighted by atomic mass is 10.1. The van der Waals surface area contributed by atoms with Crippen LogP contribution in [0.2, 0.25) is 0 Å². The molecule has 2 rings (SSSR count). The second-order valence-corrected chi connectivity index (χ2v) is 4.92. The molecule has 116 valence electrons. The number of carbonyl (C=O) groups excluding carboxylic acids is 2. The molecule has 0 saturated heterocycles. The molecule has 0 aliphatic rings. The number of carbonyl (C=O) groups is 2. The number of rotatable bonds is 4. The van der Waals surface area contributed by atoms with Gasteiger partial charge in [-0.05, 0) is 31.2 Å². The normalized spacial score (nSPS) is 11.2. The highest BCUT2D eigenvalue weighted by Gasteiger charge is 2.22. The molecule has 0 saturated carbocycles. The van der Waals surface area contributed by atoms with Crippen LogP contribution in [0, 0.1) is 11.3 Å². The number of ether oxygens (including phenoxy) is 1. The van der Waals surface area contributed by atoms with E-state index in [4.69, 9.17) is 10.00 Å². The quantitative estimate of drug-likeness (QED) is 0.814. The molecule has 1 amide bonds. The molecule has 0 spiro atoms. The largest absolute Gasteiger partial charge is 0.444 e. The average molecular weight is 308 g/mol. The van der Waals surface area contributed by atoms with Crippen LogP contribution in [-0.2, 0) is 4.74 Å². The van der Waals surface area contributed by atoms with E-state index in [0.29, 0.717) is 5.69 Å². The standard InChI is InChI=1S/C18H16N2O3/c1-13(12-19)23-18(22)16-11-7-6-10-15(16)17(21)20(2)14-8-4-3-5-9-14/h3-11,13H,1-2H3. The third kappa shape index (κ3) is 3.74. The van der Waals surface area contributed by atoms with Gasteiger partial charge in [0, 0.05) is 12.7 Å². The van der Waals surface area contributed by atoms with Gasteiger partial charge in [-0.25, -0.2) is 4.79 Å². The average Bonchev–Trinajstić information content (AvgIpc) is 2.61. The lowest BCUT2D eigenvalue weighted by Gasteiger charge is -2.19. The van der Waals surface area contributed by atoms with Gasteiger partial charge in [-0.1, -0.05) is 30.3 Å². The maximum Gasteiger partial charge on any atom is 0.340 e. The fourth-order valence-corrected chi connectivity index (χ4v) is 2.05. The maximum absolute atomic E-state index is 12.7. The first-order valence-corrected chi connectivity index (χ1v) is 7.07. The lowest BCUT2D eigenvalue weighted by molar-refractivity contribution is 0.0432. The van der Waals surface area contributed by atoms with Crippen molar-refractivity contribution in [3.8, 4) is 6.07 Å². The van der Waals surface area contributed by atoms with Crippen LogP contribution in [-0.4, -0.2) is 25.0 Å². The Hall–Kier alpha value is -3.13. The summed E-state index contributed by atoms with van der Waals surface area (Å²) in [4.78, 5) is 26.3. The van der Waals surface area contributed by atoms with Crippen molar-refractivity contribution in [2.24, 2.45) is 0 Å². The Morgan fingerprint density at radius 1 is 1.04 bits per heavy atom. The van der Waals surface area contributed by atoms with Crippen molar-refractivity contribution in [1.82, 2.24) is 0 Å². The SMILES string of the molecule is CC(C#N)OC(=O)c1ccccc1C(=O)N(C)c1ccccc1. The number of benzene rings is 2. The number of esters is 1. The van der Waals surface area contributed by atoms with Crippen molar-refractivity contribution < 1.29 is 14.3 Å². The van der Waals surface area contributed by atoms with Crippen molar-refractivity contribution in [2.75, 3.05) is 11.9 Å². The van der Waals surface area contributed by atoms with Gasteiger partial charge in [0.15, 0.2) is 6.10 Å². The summed E-state index contributed by atoms with van der Waals surface area (Å²) in [6.07, 6.45) is -0.877. The van der Waals surface area contributed by atoms with Crippen LogP contribution in [0.5, 0.6) is 0 Å². The van der Waals surface area contributed by atoms with Crippen LogP contribution in [0.3, 0.4) is 0 Å². The molecule has 1 unspecified atom stereocenters. The van der Waals surface area contributed by atoms with Crippen LogP contribution in [0.25, 0.3) is 0 Å². The fraction of sp³-hybridized carbons (Fsp3) is 0.167. The Balaban J connectivity index is 2.31. The van der Waals surface area contributed by atoms with E-state index in [9.17, 15) is 9.59 Å². The molecule has 0 fully saturated rings. The molecule has 1 atom stereocenters. The summed E-state index contributed by atoms with van der Waals surface area (Å²) in [5.74, 6) is -1.02. The second kappa shape index (κ2) is 7.23. The van der Waals surface area contributed by atoms with Crippen molar-refractivity contribution >= 4 is 17.6 Å². The molecule has 0 N–H and O–H groups in total. The molecule has 0 aliphatic heterocycles. The Kier molecular flexibility index (Phi) is 5.11. The van der Waals surface area contributed by atoms with Gasteiger partial charge in [-0.2, -0.15) is 5.26 Å². The van der Waals surface area contributed by atoms with E-state index in [0.717, 1.165) is 0 Å². The smallest absolute Gasteiger partial charge is 0.340 e. The molecule has 0 aliphatic carbocycles. The first-order valence-electron chi connectivity index (χ1n) is 7.07. The van der Waals surface area contributed by atoms with Crippen molar-refractivity contribution in [2.45, 2.75) is 13.0 Å². The van der Waals surface area contributed by atoms with Gasteiger partial charge in [0.1, 0.15) is 6.07 Å². The van der Waals surface area contributed by atoms with Crippen LogP contribution in [0.4, 0.5) is 5.69 Å². The maximum atomic E-state index is 12.7. The van der Waals surface area contributed by atoms with Crippen molar-refractivity contribution in [1.29, 1.82) is 5.26 Å². The van der Waals surface area contributed by atoms with E-state index in [1.807, 2.05) is 24.3 Å². The van der Waals surface area contributed by atoms with Crippen LogP contribution >= 0.6 is 0 Å². The minimum absolute atomic E-state index is 0.141. The molecule has 2 aromatic carbocycles. The summed E-state index contributed by atoms with van der Waals surface area (Å²) in [5, 5.41) is 8.74. The number of hydrogen-bond donors (Lipinski definition) is 0. The highest BCUT2D eigenvalue weighted by molar-refractivity contribution is 6.12. The first kappa shape index (κ1) is 16.2. The summed E-state index contributed by atoms with van der Waals surface area (Å²) in [7, 11) is 1.64. The van der Waals surface area contributed by atoms with E-state index in [1.165, 1.54) is 17.9 Å². The van der Waals surface area contributed by atoms with Crippen molar-refractivity contribution in [3.63, 3.8) is 0 Å². The van der Waals surface area contributed by atoms with Gasteiger partial charge in [-0.3, -0.25) is 4.79 Å². The van der Waals surface area contributed by atoms with Crippen molar-refractivity contribution in [3.05, 3.63) is 65.7 Å². The number of anilines is 1. The third-order valence-electron chi connectivity index (χ3n) is 3.29. The van der Waals surface area contributed by atoms with E-state index < -0.39 is 12.1 Å². The topological polar surface area (TPSA) is 70.4 Å². The minimum atomic E-state index is -0.877. The molecule has 5 nitrogen and oxygen atoms in total. The van der Waals surface area contributed by atoms with Gasteiger partial charge in [0.2, 0.25) is 0 Å². The van der Waals surface area contributed by atoms with Gasteiger partial charge in [0.25, 0.3) is 5.91 Å². The summed E-state index contributed by atoms with van der Waals surface area (Å²) in [6, 6.07) is 17.3. The van der Waals surface area contributed by atoms with Crippen LogP contribution in [0.1, 0.15) is 27.6 Å². The van der Waals surface area contributed by atoms with E-state index in [-0.39, 0.29) is 17.0 Å². The molecule has 0 heterocycles. The molecule has 23 heavy (non-hydrogen) atoms. The molecule has 0 aromatic heterocycles. The summed E-state index contributed by atoms with van der Waals surface area (Å²) in [5.41, 5.74) is 1.09. The van der Waals surface area contributed by atoms with Gasteiger partial charge < -0.3 is 9.64 Å². The van der Waals surface area contributed by atoms with Crippen LogP contribution < -0.4 is 4.90 Å². The predicted molar refractivity (Wildman–Crippen MR) is 86.1 cm³/mol. The zero-order valence-corrected chi connectivity index (χ0v) is 12.9.